The first-order valence-corrected chi connectivity index (χ1v) is 8.33. The number of benzene rings is 1. The second kappa shape index (κ2) is 5.87. The minimum atomic E-state index is 0.0208. The fourth-order valence-electron chi connectivity index (χ4n) is 2.87. The average Bonchev–Trinajstić information content (AvgIpc) is 2.95. The van der Waals surface area contributed by atoms with Crippen LogP contribution in [0.1, 0.15) is 36.0 Å². The second-order valence-electron chi connectivity index (χ2n) is 5.31. The standard InChI is InChI=1S/C15H19N3OS/c1-20-14-5-3-2-4-12(14)17-15(19)10-6-7-11-9-16-18-13(11)8-10/h6-9,12,14H,2-5H2,1H3,(H,16,18)(H,17,19). The summed E-state index contributed by atoms with van der Waals surface area (Å²) in [7, 11) is 0. The third-order valence-corrected chi connectivity index (χ3v) is 5.20. The van der Waals surface area contributed by atoms with Gasteiger partial charge >= 0.3 is 0 Å². The lowest BCUT2D eigenvalue weighted by Gasteiger charge is -2.30. The molecular weight excluding hydrogens is 270 g/mol. The molecule has 1 aliphatic carbocycles. The van der Waals surface area contributed by atoms with Gasteiger partial charge in [-0.3, -0.25) is 9.89 Å². The van der Waals surface area contributed by atoms with Gasteiger partial charge in [0.1, 0.15) is 0 Å². The van der Waals surface area contributed by atoms with Crippen LogP contribution in [0, 0.1) is 0 Å². The maximum absolute atomic E-state index is 12.4. The van der Waals surface area contributed by atoms with Crippen LogP contribution in [0.25, 0.3) is 10.9 Å². The van der Waals surface area contributed by atoms with E-state index in [4.69, 9.17) is 0 Å². The molecule has 5 heteroatoms. The normalized spacial score (nSPS) is 22.9. The first-order valence-electron chi connectivity index (χ1n) is 7.05. The molecule has 1 heterocycles. The Kier molecular flexibility index (Phi) is 3.96. The van der Waals surface area contributed by atoms with Crippen molar-refractivity contribution in [2.45, 2.75) is 37.0 Å². The van der Waals surface area contributed by atoms with E-state index in [9.17, 15) is 4.79 Å². The third-order valence-electron chi connectivity index (χ3n) is 4.03. The van der Waals surface area contributed by atoms with Gasteiger partial charge in [-0.15, -0.1) is 0 Å². The highest BCUT2D eigenvalue weighted by Gasteiger charge is 2.26. The lowest BCUT2D eigenvalue weighted by molar-refractivity contribution is 0.0929. The van der Waals surface area contributed by atoms with Gasteiger partial charge in [-0.05, 0) is 31.2 Å². The van der Waals surface area contributed by atoms with Gasteiger partial charge in [-0.2, -0.15) is 16.9 Å². The van der Waals surface area contributed by atoms with E-state index >= 15 is 0 Å². The molecule has 1 aromatic heterocycles. The first kappa shape index (κ1) is 13.5. The zero-order valence-electron chi connectivity index (χ0n) is 11.6. The number of amides is 1. The van der Waals surface area contributed by atoms with Gasteiger partial charge < -0.3 is 5.32 Å². The first-order chi connectivity index (χ1) is 9.78. The van der Waals surface area contributed by atoms with Gasteiger partial charge in [0.15, 0.2) is 0 Å². The minimum Gasteiger partial charge on any atom is -0.348 e. The SMILES string of the molecule is CSC1CCCCC1NC(=O)c1ccc2cn[nH]c2c1. The highest BCUT2D eigenvalue weighted by atomic mass is 32.2. The van der Waals surface area contributed by atoms with Crippen molar-refractivity contribution in [3.63, 3.8) is 0 Å². The summed E-state index contributed by atoms with van der Waals surface area (Å²) in [6.07, 6.45) is 8.67. The number of carbonyl (C=O) groups is 1. The summed E-state index contributed by atoms with van der Waals surface area (Å²) in [4.78, 5) is 12.4. The number of nitrogens with zero attached hydrogens (tertiary/aromatic N) is 1. The Morgan fingerprint density at radius 3 is 3.10 bits per heavy atom. The molecule has 106 valence electrons. The molecule has 1 aromatic carbocycles. The van der Waals surface area contributed by atoms with Crippen molar-refractivity contribution in [3.05, 3.63) is 30.0 Å². The second-order valence-corrected chi connectivity index (χ2v) is 6.39. The van der Waals surface area contributed by atoms with Crippen molar-refractivity contribution in [3.8, 4) is 0 Å². The van der Waals surface area contributed by atoms with E-state index in [1.54, 1.807) is 6.20 Å². The number of hydrogen-bond donors (Lipinski definition) is 2. The molecule has 0 radical (unpaired) electrons. The fourth-order valence-corrected chi connectivity index (χ4v) is 3.81. The van der Waals surface area contributed by atoms with Crippen LogP contribution in [0.15, 0.2) is 24.4 Å². The summed E-state index contributed by atoms with van der Waals surface area (Å²) < 4.78 is 0. The van der Waals surface area contributed by atoms with Crippen LogP contribution in [0.3, 0.4) is 0 Å². The fraction of sp³-hybridized carbons (Fsp3) is 0.467. The Bertz CT molecular complexity index is 610. The summed E-state index contributed by atoms with van der Waals surface area (Å²) in [6.45, 7) is 0. The van der Waals surface area contributed by atoms with Crippen molar-refractivity contribution in [1.29, 1.82) is 0 Å². The molecule has 0 spiro atoms. The van der Waals surface area contributed by atoms with Crippen molar-refractivity contribution < 1.29 is 4.79 Å². The highest BCUT2D eigenvalue weighted by Crippen LogP contribution is 2.27. The third kappa shape index (κ3) is 2.68. The van der Waals surface area contributed by atoms with Gasteiger partial charge in [0, 0.05) is 22.2 Å². The van der Waals surface area contributed by atoms with Crippen molar-refractivity contribution in [1.82, 2.24) is 15.5 Å². The average molecular weight is 289 g/mol. The van der Waals surface area contributed by atoms with Crippen LogP contribution in [0.2, 0.25) is 0 Å². The number of hydrogen-bond acceptors (Lipinski definition) is 3. The van der Waals surface area contributed by atoms with Crippen LogP contribution in [0.4, 0.5) is 0 Å². The van der Waals surface area contributed by atoms with Crippen LogP contribution >= 0.6 is 11.8 Å². The molecule has 0 bridgehead atoms. The highest BCUT2D eigenvalue weighted by molar-refractivity contribution is 7.99. The molecule has 20 heavy (non-hydrogen) atoms. The lowest BCUT2D eigenvalue weighted by atomic mass is 9.94. The van der Waals surface area contributed by atoms with E-state index in [1.165, 1.54) is 19.3 Å². The Balaban J connectivity index is 1.74. The Hall–Kier alpha value is -1.49. The number of fused-ring (bicyclic) bond motifs is 1. The van der Waals surface area contributed by atoms with Crippen LogP contribution in [-0.4, -0.2) is 33.7 Å². The smallest absolute Gasteiger partial charge is 0.251 e. The number of aromatic nitrogens is 2. The predicted octanol–water partition coefficient (Wildman–Crippen LogP) is 2.97. The molecule has 1 fully saturated rings. The summed E-state index contributed by atoms with van der Waals surface area (Å²) in [5, 5.41) is 11.7. The quantitative estimate of drug-likeness (QED) is 0.913. The van der Waals surface area contributed by atoms with Crippen LogP contribution in [0.5, 0.6) is 0 Å². The van der Waals surface area contributed by atoms with Crippen molar-refractivity contribution >= 4 is 28.6 Å². The Morgan fingerprint density at radius 1 is 1.40 bits per heavy atom. The van der Waals surface area contributed by atoms with E-state index < -0.39 is 0 Å². The molecule has 3 rings (SSSR count). The number of carbonyl (C=O) groups excluding carboxylic acids is 1. The minimum absolute atomic E-state index is 0.0208. The summed E-state index contributed by atoms with van der Waals surface area (Å²) >= 11 is 1.86. The summed E-state index contributed by atoms with van der Waals surface area (Å²) in [5.74, 6) is 0.0208. The zero-order valence-corrected chi connectivity index (χ0v) is 12.4. The molecule has 0 saturated heterocycles. The number of thioether (sulfide) groups is 1. The van der Waals surface area contributed by atoms with Crippen LogP contribution < -0.4 is 5.32 Å². The van der Waals surface area contributed by atoms with Gasteiger partial charge in [0.25, 0.3) is 5.91 Å². The topological polar surface area (TPSA) is 57.8 Å². The molecule has 4 nitrogen and oxygen atoms in total. The summed E-state index contributed by atoms with van der Waals surface area (Å²) in [5.41, 5.74) is 1.61. The predicted molar refractivity (Wildman–Crippen MR) is 83.1 cm³/mol. The Labute approximate surface area is 122 Å². The van der Waals surface area contributed by atoms with E-state index in [2.05, 4.69) is 21.8 Å². The monoisotopic (exact) mass is 289 g/mol. The summed E-state index contributed by atoms with van der Waals surface area (Å²) in [6, 6.07) is 5.96. The van der Waals surface area contributed by atoms with Crippen molar-refractivity contribution in [2.24, 2.45) is 0 Å². The van der Waals surface area contributed by atoms with Gasteiger partial charge in [-0.25, -0.2) is 0 Å². The van der Waals surface area contributed by atoms with E-state index in [1.807, 2.05) is 30.0 Å². The molecule has 1 saturated carbocycles. The number of nitrogens with one attached hydrogen (secondary N) is 2. The maximum atomic E-state index is 12.4. The maximum Gasteiger partial charge on any atom is 0.251 e. The molecule has 2 unspecified atom stereocenters. The van der Waals surface area contributed by atoms with E-state index in [0.717, 1.165) is 17.3 Å². The Morgan fingerprint density at radius 2 is 2.25 bits per heavy atom. The van der Waals surface area contributed by atoms with Crippen molar-refractivity contribution in [2.75, 3.05) is 6.26 Å². The van der Waals surface area contributed by atoms with Gasteiger partial charge in [0.05, 0.1) is 11.7 Å². The largest absolute Gasteiger partial charge is 0.348 e. The number of H-pyrrole nitrogens is 1. The number of aromatic amines is 1. The molecule has 1 amide bonds. The molecule has 1 aliphatic rings. The molecule has 2 aromatic rings. The van der Waals surface area contributed by atoms with Crippen LogP contribution in [-0.2, 0) is 0 Å². The molecular formula is C15H19N3OS. The van der Waals surface area contributed by atoms with E-state index in [0.29, 0.717) is 16.9 Å². The van der Waals surface area contributed by atoms with Gasteiger partial charge in [0.2, 0.25) is 0 Å². The lowest BCUT2D eigenvalue weighted by Crippen LogP contribution is -2.43. The zero-order chi connectivity index (χ0) is 13.9. The molecule has 0 aliphatic heterocycles. The van der Waals surface area contributed by atoms with Gasteiger partial charge in [-0.1, -0.05) is 18.9 Å². The van der Waals surface area contributed by atoms with E-state index in [-0.39, 0.29) is 5.91 Å². The molecule has 2 N–H and O–H groups in total. The number of rotatable bonds is 3. The molecule has 2 atom stereocenters.